The third-order valence-electron chi connectivity index (χ3n) is 3.36. The Labute approximate surface area is 162 Å². The van der Waals surface area contributed by atoms with Gasteiger partial charge in [-0.15, -0.1) is 3.89 Å². The number of aromatic nitrogens is 3. The van der Waals surface area contributed by atoms with Crippen molar-refractivity contribution in [3.05, 3.63) is 52.2 Å². The van der Waals surface area contributed by atoms with Gasteiger partial charge in [0, 0.05) is 16.9 Å². The number of carbonyl (C=O) groups is 1. The van der Waals surface area contributed by atoms with Crippen molar-refractivity contribution in [3.63, 3.8) is 0 Å². The van der Waals surface area contributed by atoms with Gasteiger partial charge >= 0.3 is 5.97 Å². The van der Waals surface area contributed by atoms with Crippen LogP contribution in [-0.2, 0) is 0 Å². The second-order valence-electron chi connectivity index (χ2n) is 4.90. The number of benzene rings is 1. The minimum absolute atomic E-state index is 0.0361. The fraction of sp³-hybridized carbons (Fsp3) is 0.125. The summed E-state index contributed by atoms with van der Waals surface area (Å²) in [5, 5.41) is 17.4. The molecule has 0 saturated carbocycles. The van der Waals surface area contributed by atoms with E-state index >= 15 is 0 Å². The van der Waals surface area contributed by atoms with Gasteiger partial charge < -0.3 is 10.8 Å². The Kier molecular flexibility index (Phi) is 6.34. The maximum atomic E-state index is 14.1. The molecule has 3 aromatic rings. The normalized spacial score (nSPS) is 10.4. The number of fused-ring (bicyclic) bond motifs is 1. The number of hydrogen-bond acceptors (Lipinski definition) is 6. The molecule has 2 aromatic heterocycles. The second-order valence-corrected chi connectivity index (χ2v) is 5.86. The van der Waals surface area contributed by atoms with Gasteiger partial charge in [0.1, 0.15) is 22.6 Å². The Bertz CT molecular complexity index is 1020. The van der Waals surface area contributed by atoms with Crippen molar-refractivity contribution in [2.45, 2.75) is 13.8 Å². The molecule has 0 radical (unpaired) electrons. The highest BCUT2D eigenvalue weighted by Gasteiger charge is 2.21. The summed E-state index contributed by atoms with van der Waals surface area (Å²) in [6.07, 6.45) is 2.12. The molecule has 142 valence electrons. The molecule has 0 fully saturated rings. The van der Waals surface area contributed by atoms with Crippen molar-refractivity contribution in [2.24, 2.45) is 0 Å². The minimum atomic E-state index is -1.34. The van der Waals surface area contributed by atoms with Crippen LogP contribution in [0.2, 0.25) is 5.02 Å². The summed E-state index contributed by atoms with van der Waals surface area (Å²) in [5.41, 5.74) is 4.40. The molecule has 0 aliphatic heterocycles. The average molecular weight is 414 g/mol. The molecule has 0 bridgehead atoms. The quantitative estimate of drug-likeness (QED) is 0.433. The SMILES string of the molecule is CC.N=C(c1cnc2c(n1)c(C(=O)O)cn2SF)c1c(N)cc(Cl)cc1F. The number of carboxylic acid groups (broad SMARTS) is 1. The first-order valence-corrected chi connectivity index (χ1v) is 8.63. The molecule has 0 spiro atoms. The van der Waals surface area contributed by atoms with Crippen molar-refractivity contribution in [1.82, 2.24) is 13.9 Å². The van der Waals surface area contributed by atoms with Gasteiger partial charge in [-0.2, -0.15) is 0 Å². The van der Waals surface area contributed by atoms with E-state index in [1.54, 1.807) is 0 Å². The maximum Gasteiger partial charge on any atom is 0.339 e. The molecule has 1 aromatic carbocycles. The van der Waals surface area contributed by atoms with Crippen LogP contribution in [0.5, 0.6) is 0 Å². The molecule has 0 atom stereocenters. The van der Waals surface area contributed by atoms with Gasteiger partial charge in [0.05, 0.1) is 17.5 Å². The molecule has 3 rings (SSSR count). The fourth-order valence-corrected chi connectivity index (χ4v) is 2.84. The van der Waals surface area contributed by atoms with Crippen LogP contribution in [-0.4, -0.2) is 30.7 Å². The number of nitrogens with one attached hydrogen (secondary N) is 1. The van der Waals surface area contributed by atoms with Gasteiger partial charge in [-0.3, -0.25) is 5.41 Å². The zero-order valence-corrected chi connectivity index (χ0v) is 15.7. The Hall–Kier alpha value is -2.72. The third-order valence-corrected chi connectivity index (χ3v) is 4.01. The van der Waals surface area contributed by atoms with Gasteiger partial charge in [-0.1, -0.05) is 25.4 Å². The first-order valence-electron chi connectivity index (χ1n) is 7.57. The minimum Gasteiger partial charge on any atom is -0.478 e. The van der Waals surface area contributed by atoms with Crippen molar-refractivity contribution in [3.8, 4) is 0 Å². The number of nitrogens with two attached hydrogens (primary N) is 1. The Morgan fingerprint density at radius 1 is 1.41 bits per heavy atom. The van der Waals surface area contributed by atoms with Crippen molar-refractivity contribution in [1.29, 1.82) is 5.41 Å². The number of nitrogen functional groups attached to an aromatic ring is 1. The van der Waals surface area contributed by atoms with Crippen LogP contribution in [0, 0.1) is 11.2 Å². The number of aromatic carboxylic acids is 1. The molecule has 4 N–H and O–H groups in total. The van der Waals surface area contributed by atoms with E-state index in [1.165, 1.54) is 6.07 Å². The highest BCUT2D eigenvalue weighted by atomic mass is 35.5. The lowest BCUT2D eigenvalue weighted by Crippen LogP contribution is -2.11. The number of hydrogen-bond donors (Lipinski definition) is 3. The highest BCUT2D eigenvalue weighted by Crippen LogP contribution is 2.26. The van der Waals surface area contributed by atoms with E-state index in [1.807, 2.05) is 13.8 Å². The van der Waals surface area contributed by atoms with Gasteiger partial charge in [-0.05, 0) is 12.1 Å². The summed E-state index contributed by atoms with van der Waals surface area (Å²) in [4.78, 5) is 19.2. The van der Waals surface area contributed by atoms with E-state index in [-0.39, 0.29) is 51.0 Å². The van der Waals surface area contributed by atoms with Crippen LogP contribution >= 0.6 is 23.9 Å². The van der Waals surface area contributed by atoms with E-state index in [0.29, 0.717) is 0 Å². The summed E-state index contributed by atoms with van der Waals surface area (Å²) in [6.45, 7) is 4.00. The predicted octanol–water partition coefficient (Wildman–Crippen LogP) is 4.33. The van der Waals surface area contributed by atoms with E-state index in [0.717, 1.165) is 22.4 Å². The third kappa shape index (κ3) is 3.86. The van der Waals surface area contributed by atoms with Gasteiger partial charge in [0.25, 0.3) is 0 Å². The summed E-state index contributed by atoms with van der Waals surface area (Å²) < 4.78 is 27.9. The number of halogens is 3. The lowest BCUT2D eigenvalue weighted by Gasteiger charge is -2.09. The number of rotatable bonds is 4. The van der Waals surface area contributed by atoms with Crippen LogP contribution in [0.4, 0.5) is 14.0 Å². The van der Waals surface area contributed by atoms with E-state index < -0.39 is 17.5 Å². The summed E-state index contributed by atoms with van der Waals surface area (Å²) >= 11 is 5.46. The first-order chi connectivity index (χ1) is 12.8. The molecular formula is C16H14ClF2N5O2S. The molecule has 2 heterocycles. The molecular weight excluding hydrogens is 400 g/mol. The highest BCUT2D eigenvalue weighted by molar-refractivity contribution is 7.92. The maximum absolute atomic E-state index is 14.1. The van der Waals surface area contributed by atoms with Crippen molar-refractivity contribution >= 4 is 52.5 Å². The number of carboxylic acids is 1. The molecule has 0 saturated heterocycles. The first kappa shape index (κ1) is 20.6. The Morgan fingerprint density at radius 2 is 2.07 bits per heavy atom. The monoisotopic (exact) mass is 413 g/mol. The Balaban J connectivity index is 0.00000126. The second kappa shape index (κ2) is 8.31. The predicted molar refractivity (Wildman–Crippen MR) is 102 cm³/mol. The van der Waals surface area contributed by atoms with Gasteiger partial charge in [0.15, 0.2) is 18.0 Å². The van der Waals surface area contributed by atoms with Crippen LogP contribution < -0.4 is 5.73 Å². The molecule has 0 aliphatic carbocycles. The lowest BCUT2D eigenvalue weighted by atomic mass is 10.0. The summed E-state index contributed by atoms with van der Waals surface area (Å²) in [7, 11) is 0. The molecule has 0 unspecified atom stereocenters. The van der Waals surface area contributed by atoms with Gasteiger partial charge in [-0.25, -0.2) is 23.1 Å². The van der Waals surface area contributed by atoms with Crippen molar-refractivity contribution < 1.29 is 18.2 Å². The van der Waals surface area contributed by atoms with Crippen LogP contribution in [0.15, 0.2) is 24.5 Å². The van der Waals surface area contributed by atoms with E-state index in [2.05, 4.69) is 9.97 Å². The molecule has 7 nitrogen and oxygen atoms in total. The molecule has 27 heavy (non-hydrogen) atoms. The molecule has 11 heteroatoms. The smallest absolute Gasteiger partial charge is 0.339 e. The molecule has 0 amide bonds. The van der Waals surface area contributed by atoms with Crippen LogP contribution in [0.1, 0.15) is 35.5 Å². The van der Waals surface area contributed by atoms with E-state index in [4.69, 9.17) is 22.7 Å². The van der Waals surface area contributed by atoms with Gasteiger partial charge in [0.2, 0.25) is 0 Å². The lowest BCUT2D eigenvalue weighted by molar-refractivity contribution is 0.0699. The Morgan fingerprint density at radius 3 is 2.63 bits per heavy atom. The van der Waals surface area contributed by atoms with Crippen molar-refractivity contribution in [2.75, 3.05) is 5.73 Å². The summed E-state index contributed by atoms with van der Waals surface area (Å²) in [5.74, 6) is -2.17. The standard InChI is InChI=1S/C14H8ClF2N5O2S.C2H6/c15-5-1-7(16)10(8(18)2-5)11(19)9-3-20-13-12(21-9)6(14(23)24)4-22(13)25-17;1-2/h1-4,19H,18H2,(H,23,24);1-2H3. The zero-order chi connectivity index (χ0) is 20.3. The number of anilines is 1. The average Bonchev–Trinajstić information content (AvgIpc) is 3.00. The number of nitrogens with zero attached hydrogens (tertiary/aromatic N) is 3. The zero-order valence-electron chi connectivity index (χ0n) is 14.1. The molecule has 0 aliphatic rings. The van der Waals surface area contributed by atoms with Crippen LogP contribution in [0.25, 0.3) is 11.2 Å². The topological polar surface area (TPSA) is 118 Å². The van der Waals surface area contributed by atoms with E-state index in [9.17, 15) is 18.2 Å². The largest absolute Gasteiger partial charge is 0.478 e. The fourth-order valence-electron chi connectivity index (χ4n) is 2.28. The summed E-state index contributed by atoms with van der Waals surface area (Å²) in [6, 6.07) is 2.27. The van der Waals surface area contributed by atoms with Crippen LogP contribution in [0.3, 0.4) is 0 Å².